The summed E-state index contributed by atoms with van der Waals surface area (Å²) in [7, 11) is 0. The fourth-order valence-electron chi connectivity index (χ4n) is 1.59. The molecule has 0 fully saturated rings. The van der Waals surface area contributed by atoms with Crippen LogP contribution in [-0.4, -0.2) is 30.9 Å². The molecule has 0 bridgehead atoms. The smallest absolute Gasteiger partial charge is 0.287 e. The highest BCUT2D eigenvalue weighted by molar-refractivity contribution is 5.92. The summed E-state index contributed by atoms with van der Waals surface area (Å²) >= 11 is 0. The number of hydrogen-bond acceptors (Lipinski definition) is 4. The standard InChI is InChI=1S/C14H23N3O3.ClH/c1-9-5-8-20-12(9)14(19)17-7-4-6-16-13(18)10(2)11(3)15;/h5,8,10-11H,4,6-7,15H2,1-3H3,(H,16,18)(H,17,19);1H. The van der Waals surface area contributed by atoms with E-state index in [0.717, 1.165) is 5.56 Å². The minimum absolute atomic E-state index is 0. The van der Waals surface area contributed by atoms with E-state index in [2.05, 4.69) is 10.6 Å². The number of amides is 2. The predicted molar refractivity (Wildman–Crippen MR) is 83.5 cm³/mol. The molecule has 0 aliphatic carbocycles. The minimum Gasteiger partial charge on any atom is -0.459 e. The summed E-state index contributed by atoms with van der Waals surface area (Å²) in [6.07, 6.45) is 2.14. The normalized spacial score (nSPS) is 13.0. The van der Waals surface area contributed by atoms with E-state index in [-0.39, 0.29) is 36.2 Å². The number of carbonyl (C=O) groups is 2. The molecule has 0 spiro atoms. The number of hydrogen-bond donors (Lipinski definition) is 3. The summed E-state index contributed by atoms with van der Waals surface area (Å²) in [6, 6.07) is 1.57. The Morgan fingerprint density at radius 3 is 2.43 bits per heavy atom. The fourth-order valence-corrected chi connectivity index (χ4v) is 1.59. The highest BCUT2D eigenvalue weighted by Gasteiger charge is 2.16. The third-order valence-electron chi connectivity index (χ3n) is 3.21. The Labute approximate surface area is 131 Å². The van der Waals surface area contributed by atoms with E-state index in [1.54, 1.807) is 19.9 Å². The second-order valence-electron chi connectivity index (χ2n) is 4.98. The van der Waals surface area contributed by atoms with E-state index in [1.165, 1.54) is 6.26 Å². The van der Waals surface area contributed by atoms with Crippen LogP contribution in [0.1, 0.15) is 36.4 Å². The SMILES string of the molecule is Cc1ccoc1C(=O)NCCCNC(=O)C(C)C(C)N.Cl. The highest BCUT2D eigenvalue weighted by atomic mass is 35.5. The van der Waals surface area contributed by atoms with Crippen LogP contribution in [-0.2, 0) is 4.79 Å². The van der Waals surface area contributed by atoms with Crippen molar-refractivity contribution < 1.29 is 14.0 Å². The first-order valence-electron chi connectivity index (χ1n) is 6.79. The topological polar surface area (TPSA) is 97.4 Å². The molecule has 1 rings (SSSR count). The molecule has 2 atom stereocenters. The Bertz CT molecular complexity index is 460. The molecule has 2 unspecified atom stereocenters. The first-order chi connectivity index (χ1) is 9.43. The fraction of sp³-hybridized carbons (Fsp3) is 0.571. The largest absolute Gasteiger partial charge is 0.459 e. The van der Waals surface area contributed by atoms with Crippen LogP contribution in [0.3, 0.4) is 0 Å². The van der Waals surface area contributed by atoms with E-state index in [9.17, 15) is 9.59 Å². The summed E-state index contributed by atoms with van der Waals surface area (Å²) in [5.41, 5.74) is 6.45. The molecule has 21 heavy (non-hydrogen) atoms. The van der Waals surface area contributed by atoms with Gasteiger partial charge in [-0.2, -0.15) is 0 Å². The number of carbonyl (C=O) groups excluding carboxylic acids is 2. The Balaban J connectivity index is 0.00000400. The molecule has 1 aromatic rings. The van der Waals surface area contributed by atoms with Crippen LogP contribution in [0.2, 0.25) is 0 Å². The third kappa shape index (κ3) is 6.18. The maximum absolute atomic E-state index is 11.7. The molecule has 120 valence electrons. The third-order valence-corrected chi connectivity index (χ3v) is 3.21. The Morgan fingerprint density at radius 2 is 1.90 bits per heavy atom. The van der Waals surface area contributed by atoms with Gasteiger partial charge in [-0.1, -0.05) is 6.92 Å². The van der Waals surface area contributed by atoms with Gasteiger partial charge in [0.05, 0.1) is 6.26 Å². The molecule has 0 saturated carbocycles. The van der Waals surface area contributed by atoms with E-state index < -0.39 is 0 Å². The zero-order valence-corrected chi connectivity index (χ0v) is 13.5. The average Bonchev–Trinajstić information content (AvgIpc) is 2.83. The quantitative estimate of drug-likeness (QED) is 0.659. The van der Waals surface area contributed by atoms with Gasteiger partial charge in [0.25, 0.3) is 5.91 Å². The molecule has 0 aromatic carbocycles. The molecule has 7 heteroatoms. The molecule has 6 nitrogen and oxygen atoms in total. The van der Waals surface area contributed by atoms with Crippen LogP contribution < -0.4 is 16.4 Å². The van der Waals surface area contributed by atoms with Gasteiger partial charge in [-0.25, -0.2) is 0 Å². The Kier molecular flexibility index (Phi) is 8.73. The molecule has 0 aliphatic heterocycles. The van der Waals surface area contributed by atoms with Gasteiger partial charge in [0.1, 0.15) is 0 Å². The van der Waals surface area contributed by atoms with Crippen molar-refractivity contribution in [2.75, 3.05) is 13.1 Å². The molecule has 0 saturated heterocycles. The molecule has 4 N–H and O–H groups in total. The van der Waals surface area contributed by atoms with Crippen LogP contribution >= 0.6 is 12.4 Å². The van der Waals surface area contributed by atoms with Crippen molar-refractivity contribution >= 4 is 24.2 Å². The molecule has 2 amide bonds. The van der Waals surface area contributed by atoms with E-state index in [4.69, 9.17) is 10.2 Å². The van der Waals surface area contributed by atoms with Crippen molar-refractivity contribution in [1.82, 2.24) is 10.6 Å². The maximum Gasteiger partial charge on any atom is 0.287 e. The number of aryl methyl sites for hydroxylation is 1. The van der Waals surface area contributed by atoms with Gasteiger partial charge < -0.3 is 20.8 Å². The van der Waals surface area contributed by atoms with Crippen molar-refractivity contribution in [1.29, 1.82) is 0 Å². The summed E-state index contributed by atoms with van der Waals surface area (Å²) in [5, 5.41) is 5.53. The van der Waals surface area contributed by atoms with E-state index >= 15 is 0 Å². The van der Waals surface area contributed by atoms with Crippen molar-refractivity contribution in [3.8, 4) is 0 Å². The van der Waals surface area contributed by atoms with Crippen molar-refractivity contribution in [3.05, 3.63) is 23.7 Å². The second-order valence-corrected chi connectivity index (χ2v) is 4.98. The van der Waals surface area contributed by atoms with Crippen molar-refractivity contribution in [2.24, 2.45) is 11.7 Å². The molecule has 0 aliphatic rings. The lowest BCUT2D eigenvalue weighted by Gasteiger charge is -2.15. The summed E-state index contributed by atoms with van der Waals surface area (Å²) in [4.78, 5) is 23.3. The predicted octanol–water partition coefficient (Wildman–Crippen LogP) is 1.23. The average molecular weight is 318 g/mol. The number of halogens is 1. The maximum atomic E-state index is 11.7. The van der Waals surface area contributed by atoms with E-state index in [1.807, 2.05) is 6.92 Å². The zero-order valence-electron chi connectivity index (χ0n) is 12.6. The van der Waals surface area contributed by atoms with Gasteiger partial charge in [-0.05, 0) is 26.3 Å². The van der Waals surface area contributed by atoms with Crippen LogP contribution in [0.25, 0.3) is 0 Å². The second kappa shape index (κ2) is 9.41. The zero-order chi connectivity index (χ0) is 15.1. The van der Waals surface area contributed by atoms with Crippen LogP contribution in [0.4, 0.5) is 0 Å². The van der Waals surface area contributed by atoms with Gasteiger partial charge in [0, 0.05) is 30.6 Å². The van der Waals surface area contributed by atoms with Gasteiger partial charge in [-0.15, -0.1) is 12.4 Å². The Morgan fingerprint density at radius 1 is 1.29 bits per heavy atom. The van der Waals surface area contributed by atoms with Crippen molar-refractivity contribution in [3.63, 3.8) is 0 Å². The number of furan rings is 1. The lowest BCUT2D eigenvalue weighted by molar-refractivity contribution is -0.124. The lowest BCUT2D eigenvalue weighted by atomic mass is 10.0. The van der Waals surface area contributed by atoms with Crippen LogP contribution in [0.15, 0.2) is 16.7 Å². The lowest BCUT2D eigenvalue weighted by Crippen LogP contribution is -2.39. The van der Waals surface area contributed by atoms with Gasteiger partial charge in [0.15, 0.2) is 5.76 Å². The van der Waals surface area contributed by atoms with Crippen LogP contribution in [0.5, 0.6) is 0 Å². The van der Waals surface area contributed by atoms with Gasteiger partial charge >= 0.3 is 0 Å². The van der Waals surface area contributed by atoms with Gasteiger partial charge in [0.2, 0.25) is 5.91 Å². The van der Waals surface area contributed by atoms with E-state index in [0.29, 0.717) is 25.3 Å². The van der Waals surface area contributed by atoms with Crippen LogP contribution in [0, 0.1) is 12.8 Å². The van der Waals surface area contributed by atoms with Gasteiger partial charge in [-0.3, -0.25) is 9.59 Å². The van der Waals surface area contributed by atoms with Crippen molar-refractivity contribution in [2.45, 2.75) is 33.2 Å². The molecular weight excluding hydrogens is 294 g/mol. The monoisotopic (exact) mass is 317 g/mol. The molecule has 1 aromatic heterocycles. The number of rotatable bonds is 7. The molecule has 0 radical (unpaired) electrons. The Hall–Kier alpha value is -1.53. The highest BCUT2D eigenvalue weighted by Crippen LogP contribution is 2.07. The first-order valence-corrected chi connectivity index (χ1v) is 6.79. The minimum atomic E-state index is -0.234. The molecular formula is C14H24ClN3O3. The number of nitrogens with one attached hydrogen (secondary N) is 2. The summed E-state index contributed by atoms with van der Waals surface area (Å²) in [5.74, 6) is -0.175. The summed E-state index contributed by atoms with van der Waals surface area (Å²) < 4.78 is 5.08. The molecule has 1 heterocycles. The summed E-state index contributed by atoms with van der Waals surface area (Å²) in [6.45, 7) is 6.39. The first kappa shape index (κ1) is 19.5. The number of nitrogens with two attached hydrogens (primary N) is 1.